The van der Waals surface area contributed by atoms with Crippen molar-refractivity contribution in [1.82, 2.24) is 0 Å². The molecular weight excluding hydrogens is 250 g/mol. The number of carboxylic acid groups (broad SMARTS) is 1. The van der Waals surface area contributed by atoms with E-state index in [-0.39, 0.29) is 0 Å². The molecule has 2 N–H and O–H groups in total. The maximum atomic E-state index is 10.8. The molecule has 20 heavy (non-hydrogen) atoms. The van der Waals surface area contributed by atoms with Crippen molar-refractivity contribution in [2.75, 3.05) is 5.32 Å². The van der Waals surface area contributed by atoms with Crippen LogP contribution in [0.1, 0.15) is 35.3 Å². The van der Waals surface area contributed by atoms with Crippen molar-refractivity contribution in [3.05, 3.63) is 65.2 Å². The Kier molecular flexibility index (Phi) is 6.30. The fourth-order valence-corrected chi connectivity index (χ4v) is 1.79. The first kappa shape index (κ1) is 15.8. The minimum absolute atomic E-state index is 0.317. The van der Waals surface area contributed by atoms with Gasteiger partial charge in [0, 0.05) is 12.2 Å². The van der Waals surface area contributed by atoms with Gasteiger partial charge in [-0.05, 0) is 36.2 Å². The van der Waals surface area contributed by atoms with Crippen molar-refractivity contribution in [1.29, 1.82) is 0 Å². The molecule has 3 heteroatoms. The van der Waals surface area contributed by atoms with E-state index >= 15 is 0 Å². The summed E-state index contributed by atoms with van der Waals surface area (Å²) in [5.74, 6) is -0.896. The Bertz CT molecular complexity index is 550. The molecule has 0 aliphatic carbocycles. The average Bonchev–Trinajstić information content (AvgIpc) is 2.49. The number of hydrogen-bond acceptors (Lipinski definition) is 2. The Balaban J connectivity index is 0.000000956. The molecule has 0 spiro atoms. The highest BCUT2D eigenvalue weighted by molar-refractivity contribution is 5.88. The first-order chi connectivity index (χ1) is 9.66. The van der Waals surface area contributed by atoms with Gasteiger partial charge < -0.3 is 10.4 Å². The largest absolute Gasteiger partial charge is 0.478 e. The number of aromatic carboxylic acids is 1. The summed E-state index contributed by atoms with van der Waals surface area (Å²) in [4.78, 5) is 10.8. The van der Waals surface area contributed by atoms with Crippen LogP contribution in [0.25, 0.3) is 0 Å². The maximum Gasteiger partial charge on any atom is 0.335 e. The first-order valence-corrected chi connectivity index (χ1v) is 6.78. The van der Waals surface area contributed by atoms with Crippen molar-refractivity contribution >= 4 is 11.7 Å². The molecule has 0 heterocycles. The number of rotatable bonds is 4. The van der Waals surface area contributed by atoms with Crippen LogP contribution in [0.2, 0.25) is 0 Å². The average molecular weight is 271 g/mol. The lowest BCUT2D eigenvalue weighted by Gasteiger charge is -2.10. The van der Waals surface area contributed by atoms with Crippen LogP contribution >= 0.6 is 0 Å². The molecular formula is C17H21NO2. The molecule has 3 nitrogen and oxygen atoms in total. The van der Waals surface area contributed by atoms with Gasteiger partial charge in [-0.25, -0.2) is 4.79 Å². The minimum atomic E-state index is -0.896. The van der Waals surface area contributed by atoms with Crippen molar-refractivity contribution in [2.24, 2.45) is 0 Å². The molecule has 2 rings (SSSR count). The van der Waals surface area contributed by atoms with Gasteiger partial charge in [0.15, 0.2) is 0 Å². The molecule has 0 aliphatic heterocycles. The Morgan fingerprint density at radius 2 is 1.75 bits per heavy atom. The third-order valence-corrected chi connectivity index (χ3v) is 2.80. The van der Waals surface area contributed by atoms with Gasteiger partial charge in [-0.3, -0.25) is 0 Å². The molecule has 2 aromatic carbocycles. The van der Waals surface area contributed by atoms with Gasteiger partial charge >= 0.3 is 5.97 Å². The van der Waals surface area contributed by atoms with Gasteiger partial charge in [0.1, 0.15) is 0 Å². The van der Waals surface area contributed by atoms with Crippen molar-refractivity contribution in [3.63, 3.8) is 0 Å². The van der Waals surface area contributed by atoms with E-state index in [9.17, 15) is 4.79 Å². The third-order valence-electron chi connectivity index (χ3n) is 2.80. The molecule has 0 unspecified atom stereocenters. The third kappa shape index (κ3) is 4.43. The monoisotopic (exact) mass is 271 g/mol. The Morgan fingerprint density at radius 3 is 2.30 bits per heavy atom. The molecule has 0 fully saturated rings. The fourth-order valence-electron chi connectivity index (χ4n) is 1.79. The number of anilines is 1. The fraction of sp³-hybridized carbons (Fsp3) is 0.235. The maximum absolute atomic E-state index is 10.8. The van der Waals surface area contributed by atoms with E-state index in [1.54, 1.807) is 12.1 Å². The summed E-state index contributed by atoms with van der Waals surface area (Å²) in [5.41, 5.74) is 3.41. The van der Waals surface area contributed by atoms with Crippen LogP contribution < -0.4 is 5.32 Å². The summed E-state index contributed by atoms with van der Waals surface area (Å²) in [6.07, 6.45) is 0. The highest BCUT2D eigenvalue weighted by Gasteiger charge is 2.05. The summed E-state index contributed by atoms with van der Waals surface area (Å²) >= 11 is 0. The van der Waals surface area contributed by atoms with Crippen LogP contribution in [0.3, 0.4) is 0 Å². The molecule has 0 bridgehead atoms. The summed E-state index contributed by atoms with van der Waals surface area (Å²) in [7, 11) is 0. The summed E-state index contributed by atoms with van der Waals surface area (Å²) < 4.78 is 0. The van der Waals surface area contributed by atoms with Crippen LogP contribution in [0.5, 0.6) is 0 Å². The predicted octanol–water partition coefficient (Wildman–Crippen LogP) is 4.33. The summed E-state index contributed by atoms with van der Waals surface area (Å²) in [5, 5.41) is 12.2. The number of carboxylic acids is 1. The minimum Gasteiger partial charge on any atom is -0.478 e. The Morgan fingerprint density at radius 1 is 1.10 bits per heavy atom. The van der Waals surface area contributed by atoms with E-state index in [0.29, 0.717) is 5.56 Å². The van der Waals surface area contributed by atoms with E-state index in [1.807, 2.05) is 57.2 Å². The number of carbonyl (C=O) groups is 1. The number of aryl methyl sites for hydroxylation is 1. The summed E-state index contributed by atoms with van der Waals surface area (Å²) in [6.45, 7) is 6.63. The molecule has 0 aliphatic rings. The van der Waals surface area contributed by atoms with Crippen LogP contribution in [-0.4, -0.2) is 11.1 Å². The zero-order valence-corrected chi connectivity index (χ0v) is 12.2. The van der Waals surface area contributed by atoms with Gasteiger partial charge in [0.2, 0.25) is 0 Å². The van der Waals surface area contributed by atoms with E-state index in [0.717, 1.165) is 17.8 Å². The second kappa shape index (κ2) is 8.00. The second-order valence-corrected chi connectivity index (χ2v) is 4.17. The number of hydrogen-bond donors (Lipinski definition) is 2. The van der Waals surface area contributed by atoms with Crippen LogP contribution in [0.15, 0.2) is 48.5 Å². The standard InChI is InChI=1S/C15H15NO2.C2H6/c1-11-9-13(15(17)18)7-8-14(11)16-10-12-5-3-2-4-6-12;1-2/h2-9,16H,10H2,1H3,(H,17,18);1-2H3. The van der Waals surface area contributed by atoms with Crippen molar-refractivity contribution in [2.45, 2.75) is 27.3 Å². The molecule has 0 amide bonds. The lowest BCUT2D eigenvalue weighted by atomic mass is 10.1. The zero-order valence-electron chi connectivity index (χ0n) is 12.2. The van der Waals surface area contributed by atoms with Gasteiger partial charge in [-0.1, -0.05) is 44.2 Å². The van der Waals surface area contributed by atoms with E-state index in [2.05, 4.69) is 5.32 Å². The quantitative estimate of drug-likeness (QED) is 0.870. The van der Waals surface area contributed by atoms with Crippen molar-refractivity contribution in [3.8, 4) is 0 Å². The molecule has 0 saturated heterocycles. The topological polar surface area (TPSA) is 49.3 Å². The first-order valence-electron chi connectivity index (χ1n) is 6.78. The highest BCUT2D eigenvalue weighted by atomic mass is 16.4. The van der Waals surface area contributed by atoms with Crippen LogP contribution in [0.4, 0.5) is 5.69 Å². The lowest BCUT2D eigenvalue weighted by Crippen LogP contribution is -2.03. The van der Waals surface area contributed by atoms with E-state index < -0.39 is 5.97 Å². The highest BCUT2D eigenvalue weighted by Crippen LogP contribution is 2.17. The van der Waals surface area contributed by atoms with Gasteiger partial charge in [-0.2, -0.15) is 0 Å². The SMILES string of the molecule is CC.Cc1cc(C(=O)O)ccc1NCc1ccccc1. The number of nitrogens with one attached hydrogen (secondary N) is 1. The Hall–Kier alpha value is -2.29. The Labute approximate surface area is 120 Å². The van der Waals surface area contributed by atoms with Crippen molar-refractivity contribution < 1.29 is 9.90 Å². The second-order valence-electron chi connectivity index (χ2n) is 4.17. The van der Waals surface area contributed by atoms with Crippen LogP contribution in [0, 0.1) is 6.92 Å². The van der Waals surface area contributed by atoms with Crippen LogP contribution in [-0.2, 0) is 6.54 Å². The zero-order chi connectivity index (χ0) is 15.0. The predicted molar refractivity (Wildman–Crippen MR) is 83.3 cm³/mol. The van der Waals surface area contributed by atoms with Gasteiger partial charge in [-0.15, -0.1) is 0 Å². The lowest BCUT2D eigenvalue weighted by molar-refractivity contribution is 0.0697. The number of benzene rings is 2. The smallest absolute Gasteiger partial charge is 0.335 e. The van der Waals surface area contributed by atoms with Gasteiger partial charge in [0.25, 0.3) is 0 Å². The molecule has 0 saturated carbocycles. The molecule has 2 aromatic rings. The normalized spacial score (nSPS) is 9.35. The summed E-state index contributed by atoms with van der Waals surface area (Å²) in [6, 6.07) is 15.2. The molecule has 0 atom stereocenters. The molecule has 0 radical (unpaired) electrons. The molecule has 0 aromatic heterocycles. The molecule has 106 valence electrons. The van der Waals surface area contributed by atoms with E-state index in [1.165, 1.54) is 5.56 Å². The van der Waals surface area contributed by atoms with E-state index in [4.69, 9.17) is 5.11 Å². The van der Waals surface area contributed by atoms with Gasteiger partial charge in [0.05, 0.1) is 5.56 Å².